The largest absolute Gasteiger partial charge is 0.467 e. The quantitative estimate of drug-likeness (QED) is 0.693. The topological polar surface area (TPSA) is 102 Å². The zero-order chi connectivity index (χ0) is 16.7. The van der Waals surface area contributed by atoms with Crippen LogP contribution < -0.4 is 4.74 Å². The van der Waals surface area contributed by atoms with Crippen LogP contribution in [0.5, 0.6) is 5.75 Å². The Labute approximate surface area is 124 Å². The number of hydrogen-bond donors (Lipinski definition) is 2. The van der Waals surface area contributed by atoms with Crippen molar-refractivity contribution >= 4 is 11.9 Å². The molecule has 0 saturated carbocycles. The lowest BCUT2D eigenvalue weighted by Crippen LogP contribution is -2.41. The van der Waals surface area contributed by atoms with Gasteiger partial charge in [-0.05, 0) is 17.7 Å². The fourth-order valence-electron chi connectivity index (χ4n) is 1.39. The number of methoxy groups -OCH3 is 1. The molecule has 122 valence electrons. The van der Waals surface area contributed by atoms with Crippen molar-refractivity contribution in [3.8, 4) is 5.75 Å². The molecule has 0 aliphatic rings. The molecule has 1 aromatic carbocycles. The van der Waals surface area contributed by atoms with Crippen molar-refractivity contribution in [2.45, 2.75) is 25.4 Å². The third-order valence-electron chi connectivity index (χ3n) is 2.51. The Morgan fingerprint density at radius 2 is 1.64 bits per heavy atom. The SMILES string of the molecule is COC(=O)[C@@H](O)[C@H](O)C(=O)OCc1ccc(OC(F)F)cc1. The van der Waals surface area contributed by atoms with Gasteiger partial charge in [-0.3, -0.25) is 0 Å². The molecule has 0 spiro atoms. The standard InChI is InChI=1S/C13H14F2O7/c1-20-11(18)9(16)10(17)12(19)21-6-7-2-4-8(5-3-7)22-13(14)15/h2-5,9-10,13,16-17H,6H2,1H3/t9-,10-/m0/s1. The van der Waals surface area contributed by atoms with Crippen LogP contribution in [0.2, 0.25) is 0 Å². The number of alkyl halides is 2. The minimum Gasteiger partial charge on any atom is -0.467 e. The van der Waals surface area contributed by atoms with Gasteiger partial charge in [0.15, 0.2) is 12.2 Å². The molecule has 0 heterocycles. The van der Waals surface area contributed by atoms with Crippen LogP contribution in [0.1, 0.15) is 5.56 Å². The predicted molar refractivity (Wildman–Crippen MR) is 66.9 cm³/mol. The molecule has 22 heavy (non-hydrogen) atoms. The summed E-state index contributed by atoms with van der Waals surface area (Å²) < 4.78 is 36.9. The zero-order valence-electron chi connectivity index (χ0n) is 11.4. The number of carbonyl (C=O) groups is 2. The van der Waals surface area contributed by atoms with Crippen LogP contribution in [0.3, 0.4) is 0 Å². The van der Waals surface area contributed by atoms with Gasteiger partial charge in [0.05, 0.1) is 7.11 Å². The van der Waals surface area contributed by atoms with Crippen molar-refractivity contribution in [2.75, 3.05) is 7.11 Å². The van der Waals surface area contributed by atoms with E-state index in [4.69, 9.17) is 0 Å². The fourth-order valence-corrected chi connectivity index (χ4v) is 1.39. The molecular formula is C13H14F2O7. The van der Waals surface area contributed by atoms with Crippen molar-refractivity contribution < 1.29 is 42.8 Å². The van der Waals surface area contributed by atoms with Gasteiger partial charge >= 0.3 is 18.6 Å². The summed E-state index contributed by atoms with van der Waals surface area (Å²) >= 11 is 0. The molecule has 2 atom stereocenters. The van der Waals surface area contributed by atoms with Crippen LogP contribution in [0.4, 0.5) is 8.78 Å². The smallest absolute Gasteiger partial charge is 0.387 e. The van der Waals surface area contributed by atoms with Crippen molar-refractivity contribution in [1.82, 2.24) is 0 Å². The lowest BCUT2D eigenvalue weighted by molar-refractivity contribution is -0.172. The van der Waals surface area contributed by atoms with Gasteiger partial charge in [0, 0.05) is 0 Å². The minimum absolute atomic E-state index is 0.0637. The fraction of sp³-hybridized carbons (Fsp3) is 0.385. The molecule has 1 rings (SSSR count). The Morgan fingerprint density at radius 1 is 1.09 bits per heavy atom. The summed E-state index contributed by atoms with van der Waals surface area (Å²) in [5.41, 5.74) is 0.426. The predicted octanol–water partition coefficient (Wildman–Crippen LogP) is 0.226. The van der Waals surface area contributed by atoms with E-state index < -0.39 is 30.8 Å². The number of hydrogen-bond acceptors (Lipinski definition) is 7. The Balaban J connectivity index is 2.51. The molecule has 7 nitrogen and oxygen atoms in total. The Hall–Kier alpha value is -2.26. The van der Waals surface area contributed by atoms with Gasteiger partial charge in [-0.1, -0.05) is 12.1 Å². The van der Waals surface area contributed by atoms with Crippen LogP contribution in [-0.4, -0.2) is 48.1 Å². The summed E-state index contributed by atoms with van der Waals surface area (Å²) in [4.78, 5) is 22.4. The van der Waals surface area contributed by atoms with E-state index in [0.717, 1.165) is 7.11 Å². The van der Waals surface area contributed by atoms with Crippen LogP contribution in [-0.2, 0) is 25.7 Å². The molecule has 9 heteroatoms. The summed E-state index contributed by atoms with van der Waals surface area (Å²) in [7, 11) is 0.979. The summed E-state index contributed by atoms with van der Waals surface area (Å²) in [6.45, 7) is -3.24. The van der Waals surface area contributed by atoms with Gasteiger partial charge in [-0.25, -0.2) is 9.59 Å². The molecule has 0 radical (unpaired) electrons. The highest BCUT2D eigenvalue weighted by atomic mass is 19.3. The van der Waals surface area contributed by atoms with Crippen LogP contribution >= 0.6 is 0 Å². The van der Waals surface area contributed by atoms with Gasteiger partial charge in [0.25, 0.3) is 0 Å². The lowest BCUT2D eigenvalue weighted by atomic mass is 10.2. The van der Waals surface area contributed by atoms with E-state index in [1.807, 2.05) is 0 Å². The maximum Gasteiger partial charge on any atom is 0.387 e. The third-order valence-corrected chi connectivity index (χ3v) is 2.51. The number of ether oxygens (including phenoxy) is 3. The number of benzene rings is 1. The van der Waals surface area contributed by atoms with Crippen molar-refractivity contribution in [2.24, 2.45) is 0 Å². The van der Waals surface area contributed by atoms with Gasteiger partial charge in [0.2, 0.25) is 0 Å². The molecule has 1 aromatic rings. The van der Waals surface area contributed by atoms with Gasteiger partial charge in [-0.2, -0.15) is 8.78 Å². The highest BCUT2D eigenvalue weighted by Gasteiger charge is 2.32. The van der Waals surface area contributed by atoms with Crippen molar-refractivity contribution in [1.29, 1.82) is 0 Å². The Morgan fingerprint density at radius 3 is 2.14 bits per heavy atom. The van der Waals surface area contributed by atoms with E-state index in [2.05, 4.69) is 14.2 Å². The van der Waals surface area contributed by atoms with E-state index in [1.165, 1.54) is 24.3 Å². The first-order valence-electron chi connectivity index (χ1n) is 5.99. The minimum atomic E-state index is -2.95. The molecule has 0 aromatic heterocycles. The Kier molecular flexibility index (Phi) is 6.67. The third kappa shape index (κ3) is 5.26. The van der Waals surface area contributed by atoms with E-state index in [0.29, 0.717) is 5.56 Å². The second kappa shape index (κ2) is 8.25. The van der Waals surface area contributed by atoms with Crippen molar-refractivity contribution in [3.63, 3.8) is 0 Å². The van der Waals surface area contributed by atoms with Crippen LogP contribution in [0, 0.1) is 0 Å². The van der Waals surface area contributed by atoms with Gasteiger partial charge < -0.3 is 24.4 Å². The number of carbonyl (C=O) groups excluding carboxylic acids is 2. The van der Waals surface area contributed by atoms with E-state index in [9.17, 15) is 28.6 Å². The van der Waals surface area contributed by atoms with Crippen LogP contribution in [0.25, 0.3) is 0 Å². The highest BCUT2D eigenvalue weighted by molar-refractivity contribution is 5.85. The number of rotatable bonds is 7. The molecule has 2 N–H and O–H groups in total. The maximum atomic E-state index is 12.0. The van der Waals surface area contributed by atoms with Gasteiger partial charge in [0.1, 0.15) is 12.4 Å². The first-order chi connectivity index (χ1) is 10.3. The zero-order valence-corrected chi connectivity index (χ0v) is 11.4. The average Bonchev–Trinajstić information content (AvgIpc) is 2.51. The number of aliphatic hydroxyl groups excluding tert-OH is 2. The summed E-state index contributed by atoms with van der Waals surface area (Å²) in [6, 6.07) is 5.23. The number of aliphatic hydroxyl groups is 2. The van der Waals surface area contributed by atoms with E-state index in [-0.39, 0.29) is 12.4 Å². The van der Waals surface area contributed by atoms with Crippen molar-refractivity contribution in [3.05, 3.63) is 29.8 Å². The Bertz CT molecular complexity index is 504. The lowest BCUT2D eigenvalue weighted by Gasteiger charge is -2.14. The highest BCUT2D eigenvalue weighted by Crippen LogP contribution is 2.15. The first kappa shape index (κ1) is 17.8. The normalized spacial score (nSPS) is 13.4. The second-order valence-corrected chi connectivity index (χ2v) is 4.04. The molecule has 0 unspecified atom stereocenters. The second-order valence-electron chi connectivity index (χ2n) is 4.04. The van der Waals surface area contributed by atoms with Gasteiger partial charge in [-0.15, -0.1) is 0 Å². The molecule has 0 aliphatic heterocycles. The molecular weight excluding hydrogens is 306 g/mol. The van der Waals surface area contributed by atoms with E-state index >= 15 is 0 Å². The molecule has 0 saturated heterocycles. The molecule has 0 bridgehead atoms. The summed E-state index contributed by atoms with van der Waals surface area (Å²) in [5.74, 6) is -2.48. The molecule has 0 aliphatic carbocycles. The monoisotopic (exact) mass is 320 g/mol. The van der Waals surface area contributed by atoms with Crippen LogP contribution in [0.15, 0.2) is 24.3 Å². The molecule has 0 amide bonds. The maximum absolute atomic E-state index is 12.0. The first-order valence-corrected chi connectivity index (χ1v) is 5.99. The van der Waals surface area contributed by atoms with E-state index in [1.54, 1.807) is 0 Å². The molecule has 0 fully saturated rings. The summed E-state index contributed by atoms with van der Waals surface area (Å²) in [5, 5.41) is 18.6. The number of esters is 2. The average molecular weight is 320 g/mol. The summed E-state index contributed by atoms with van der Waals surface area (Å²) in [6.07, 6.45) is -4.15. The number of halogens is 2.